The van der Waals surface area contributed by atoms with Crippen molar-refractivity contribution in [3.05, 3.63) is 53.4 Å². The van der Waals surface area contributed by atoms with Gasteiger partial charge in [-0.15, -0.1) is 0 Å². The highest BCUT2D eigenvalue weighted by molar-refractivity contribution is 5.88. The lowest BCUT2D eigenvalue weighted by Crippen LogP contribution is -2.13. The van der Waals surface area contributed by atoms with E-state index >= 15 is 0 Å². The molecule has 1 atom stereocenters. The monoisotopic (exact) mass is 294 g/mol. The van der Waals surface area contributed by atoms with E-state index in [0.29, 0.717) is 5.56 Å². The summed E-state index contributed by atoms with van der Waals surface area (Å²) in [7, 11) is 1.22. The largest absolute Gasteiger partial charge is 0.464 e. The molecule has 2 rings (SSSR count). The highest BCUT2D eigenvalue weighted by atomic mass is 19.1. The molecule has 0 aliphatic heterocycles. The number of aliphatic hydroxyl groups excluding tert-OH is 2. The third-order valence-electron chi connectivity index (χ3n) is 3.10. The first-order valence-corrected chi connectivity index (χ1v) is 6.23. The first kappa shape index (κ1) is 15.1. The van der Waals surface area contributed by atoms with Gasteiger partial charge in [-0.25, -0.2) is 14.2 Å². The van der Waals surface area contributed by atoms with Crippen LogP contribution in [-0.2, 0) is 17.9 Å². The molecule has 0 bridgehead atoms. The summed E-state index contributed by atoms with van der Waals surface area (Å²) in [5.41, 5.74) is 0.780. The number of ether oxygens (including phenoxy) is 1. The van der Waals surface area contributed by atoms with Crippen molar-refractivity contribution in [2.24, 2.45) is 0 Å². The van der Waals surface area contributed by atoms with E-state index < -0.39 is 24.5 Å². The zero-order valence-electron chi connectivity index (χ0n) is 11.4. The number of methoxy groups -OCH3 is 1. The molecule has 2 N–H and O–H groups in total. The van der Waals surface area contributed by atoms with Crippen LogP contribution in [0.5, 0.6) is 0 Å². The van der Waals surface area contributed by atoms with Crippen molar-refractivity contribution in [3.8, 4) is 0 Å². The number of aliphatic hydroxyl groups is 2. The van der Waals surface area contributed by atoms with E-state index in [9.17, 15) is 19.4 Å². The normalized spacial score (nSPS) is 12.2. The summed E-state index contributed by atoms with van der Waals surface area (Å²) in [5, 5.41) is 19.5. The van der Waals surface area contributed by atoms with Gasteiger partial charge in [-0.05, 0) is 17.7 Å². The van der Waals surface area contributed by atoms with Crippen molar-refractivity contribution >= 4 is 5.97 Å². The van der Waals surface area contributed by atoms with Crippen LogP contribution in [0.2, 0.25) is 0 Å². The van der Waals surface area contributed by atoms with Crippen LogP contribution in [0.25, 0.3) is 0 Å². The molecule has 1 heterocycles. The number of nitrogens with zero attached hydrogens (tertiary/aromatic N) is 2. The number of esters is 1. The van der Waals surface area contributed by atoms with Crippen molar-refractivity contribution in [2.45, 2.75) is 19.3 Å². The lowest BCUT2D eigenvalue weighted by molar-refractivity contribution is 0.0589. The van der Waals surface area contributed by atoms with Crippen molar-refractivity contribution in [1.29, 1.82) is 0 Å². The quantitative estimate of drug-likeness (QED) is 0.805. The van der Waals surface area contributed by atoms with Gasteiger partial charge in [0.05, 0.1) is 38.4 Å². The molecular weight excluding hydrogens is 279 g/mol. The maximum atomic E-state index is 12.8. The molecule has 0 amide bonds. The van der Waals surface area contributed by atoms with Crippen LogP contribution in [0.15, 0.2) is 30.6 Å². The van der Waals surface area contributed by atoms with Gasteiger partial charge in [0.25, 0.3) is 0 Å². The van der Waals surface area contributed by atoms with Gasteiger partial charge in [0, 0.05) is 0 Å². The Morgan fingerprint density at radius 2 is 2.10 bits per heavy atom. The van der Waals surface area contributed by atoms with E-state index in [-0.39, 0.29) is 17.9 Å². The molecule has 7 heteroatoms. The number of carbonyl (C=O) groups excluding carboxylic acids is 1. The first-order valence-electron chi connectivity index (χ1n) is 6.23. The SMILES string of the molecule is COC(=O)c1ncn(C[C@H](O)c2ccc(F)cc2)c1CO. The minimum Gasteiger partial charge on any atom is -0.464 e. The second kappa shape index (κ2) is 6.47. The van der Waals surface area contributed by atoms with E-state index in [2.05, 4.69) is 9.72 Å². The predicted molar refractivity (Wildman–Crippen MR) is 70.8 cm³/mol. The van der Waals surface area contributed by atoms with E-state index in [0.717, 1.165) is 0 Å². The molecule has 0 saturated carbocycles. The Hall–Kier alpha value is -2.25. The Balaban J connectivity index is 2.21. The summed E-state index contributed by atoms with van der Waals surface area (Å²) in [6, 6.07) is 5.44. The van der Waals surface area contributed by atoms with Gasteiger partial charge >= 0.3 is 5.97 Å². The van der Waals surface area contributed by atoms with Gasteiger partial charge in [-0.2, -0.15) is 0 Å². The van der Waals surface area contributed by atoms with Crippen molar-refractivity contribution < 1.29 is 24.1 Å². The zero-order valence-corrected chi connectivity index (χ0v) is 11.4. The van der Waals surface area contributed by atoms with Gasteiger partial charge in [0.2, 0.25) is 0 Å². The van der Waals surface area contributed by atoms with Gasteiger partial charge in [-0.1, -0.05) is 12.1 Å². The molecule has 1 aromatic heterocycles. The molecule has 0 saturated heterocycles. The van der Waals surface area contributed by atoms with Crippen LogP contribution in [0.4, 0.5) is 4.39 Å². The van der Waals surface area contributed by atoms with Crippen LogP contribution in [0.1, 0.15) is 27.8 Å². The standard InChI is InChI=1S/C14H15FN2O4/c1-21-14(20)13-11(7-18)17(8-16-13)6-12(19)9-2-4-10(15)5-3-9/h2-5,8,12,18-19H,6-7H2,1H3/t12-/m0/s1. The molecule has 0 radical (unpaired) electrons. The Bertz CT molecular complexity index is 624. The Labute approximate surface area is 120 Å². The van der Waals surface area contributed by atoms with Gasteiger partial charge in [-0.3, -0.25) is 0 Å². The zero-order chi connectivity index (χ0) is 15.4. The van der Waals surface area contributed by atoms with E-state index in [4.69, 9.17) is 0 Å². The maximum absolute atomic E-state index is 12.8. The van der Waals surface area contributed by atoms with E-state index in [1.54, 1.807) is 0 Å². The smallest absolute Gasteiger partial charge is 0.358 e. The Morgan fingerprint density at radius 1 is 1.43 bits per heavy atom. The summed E-state index contributed by atoms with van der Waals surface area (Å²) in [6.07, 6.45) is 0.417. The molecule has 0 unspecified atom stereocenters. The average Bonchev–Trinajstić information content (AvgIpc) is 2.89. The lowest BCUT2D eigenvalue weighted by Gasteiger charge is -2.14. The number of carbonyl (C=O) groups is 1. The summed E-state index contributed by atoms with van der Waals surface area (Å²) in [5.74, 6) is -1.05. The minimum atomic E-state index is -0.921. The summed E-state index contributed by atoms with van der Waals surface area (Å²) < 4.78 is 18.9. The van der Waals surface area contributed by atoms with E-state index in [1.807, 2.05) is 0 Å². The average molecular weight is 294 g/mol. The maximum Gasteiger partial charge on any atom is 0.358 e. The third-order valence-corrected chi connectivity index (χ3v) is 3.10. The number of hydrogen-bond acceptors (Lipinski definition) is 5. The highest BCUT2D eigenvalue weighted by Gasteiger charge is 2.19. The highest BCUT2D eigenvalue weighted by Crippen LogP contribution is 2.18. The lowest BCUT2D eigenvalue weighted by atomic mass is 10.1. The van der Waals surface area contributed by atoms with Crippen molar-refractivity contribution in [1.82, 2.24) is 9.55 Å². The topological polar surface area (TPSA) is 84.6 Å². The van der Waals surface area contributed by atoms with Crippen LogP contribution < -0.4 is 0 Å². The van der Waals surface area contributed by atoms with Crippen molar-refractivity contribution in [3.63, 3.8) is 0 Å². The molecule has 112 valence electrons. The molecule has 6 nitrogen and oxygen atoms in total. The van der Waals surface area contributed by atoms with Gasteiger partial charge < -0.3 is 19.5 Å². The predicted octanol–water partition coefficient (Wildman–Crippen LogP) is 1.03. The summed E-state index contributed by atoms with van der Waals surface area (Å²) in [4.78, 5) is 15.4. The number of halogens is 1. The molecule has 0 aliphatic rings. The third kappa shape index (κ3) is 3.26. The molecular formula is C14H15FN2O4. The molecule has 0 spiro atoms. The molecule has 0 fully saturated rings. The summed E-state index contributed by atoms with van der Waals surface area (Å²) in [6.45, 7) is -0.341. The van der Waals surface area contributed by atoms with Gasteiger partial charge in [0.1, 0.15) is 5.82 Å². The first-order chi connectivity index (χ1) is 10.1. The van der Waals surface area contributed by atoms with Crippen LogP contribution >= 0.6 is 0 Å². The fourth-order valence-electron chi connectivity index (χ4n) is 1.97. The fraction of sp³-hybridized carbons (Fsp3) is 0.286. The Morgan fingerprint density at radius 3 is 2.67 bits per heavy atom. The summed E-state index contributed by atoms with van der Waals surface area (Å²) >= 11 is 0. The minimum absolute atomic E-state index is 0.00584. The number of benzene rings is 1. The second-order valence-electron chi connectivity index (χ2n) is 4.41. The molecule has 0 aliphatic carbocycles. The number of hydrogen-bond donors (Lipinski definition) is 2. The Kier molecular flexibility index (Phi) is 4.66. The second-order valence-corrected chi connectivity index (χ2v) is 4.41. The van der Waals surface area contributed by atoms with Crippen LogP contribution in [0.3, 0.4) is 0 Å². The molecule has 2 aromatic rings. The van der Waals surface area contributed by atoms with Crippen molar-refractivity contribution in [2.75, 3.05) is 7.11 Å². The fourth-order valence-corrected chi connectivity index (χ4v) is 1.97. The number of aromatic nitrogens is 2. The number of imidazole rings is 1. The number of rotatable bonds is 5. The van der Waals surface area contributed by atoms with Crippen LogP contribution in [-0.4, -0.2) is 32.8 Å². The molecule has 1 aromatic carbocycles. The van der Waals surface area contributed by atoms with Gasteiger partial charge in [0.15, 0.2) is 5.69 Å². The molecule has 21 heavy (non-hydrogen) atoms. The van der Waals surface area contributed by atoms with E-state index in [1.165, 1.54) is 42.3 Å². The van der Waals surface area contributed by atoms with Crippen LogP contribution in [0, 0.1) is 5.82 Å².